The second-order valence-electron chi connectivity index (χ2n) is 5.98. The molecule has 27 heavy (non-hydrogen) atoms. The Morgan fingerprint density at radius 2 is 1.59 bits per heavy atom. The van der Waals surface area contributed by atoms with Crippen LogP contribution in [0, 0.1) is 0 Å². The van der Waals surface area contributed by atoms with Gasteiger partial charge in [-0.1, -0.05) is 59.6 Å². The maximum Gasteiger partial charge on any atom is 0.306 e. The fraction of sp³-hybridized carbons (Fsp3) is 0.300. The molecule has 0 bridgehead atoms. The summed E-state index contributed by atoms with van der Waals surface area (Å²) < 4.78 is 4.71. The van der Waals surface area contributed by atoms with Crippen molar-refractivity contribution in [1.82, 2.24) is 4.90 Å². The summed E-state index contributed by atoms with van der Waals surface area (Å²) in [5.74, 6) is -0.471. The van der Waals surface area contributed by atoms with Gasteiger partial charge in [0, 0.05) is 26.1 Å². The smallest absolute Gasteiger partial charge is 0.306 e. The molecule has 0 saturated heterocycles. The zero-order valence-electron chi connectivity index (χ0n) is 15.1. The van der Waals surface area contributed by atoms with Crippen molar-refractivity contribution in [3.05, 3.63) is 64.1 Å². The molecule has 0 atom stereocenters. The Labute approximate surface area is 169 Å². The van der Waals surface area contributed by atoms with E-state index in [9.17, 15) is 9.59 Å². The number of para-hydroxylation sites is 1. The van der Waals surface area contributed by atoms with Gasteiger partial charge in [0.1, 0.15) is 0 Å². The summed E-state index contributed by atoms with van der Waals surface area (Å²) in [5.41, 5.74) is 1.52. The zero-order valence-corrected chi connectivity index (χ0v) is 16.6. The molecule has 1 N–H and O–H groups in total. The summed E-state index contributed by atoms with van der Waals surface area (Å²) in [5, 5.41) is 3.54. The third kappa shape index (κ3) is 7.21. The lowest BCUT2D eigenvalue weighted by molar-refractivity contribution is -0.141. The average molecular weight is 409 g/mol. The van der Waals surface area contributed by atoms with Crippen molar-refractivity contribution in [2.75, 3.05) is 25.5 Å². The molecule has 2 rings (SSSR count). The number of nitrogens with one attached hydrogen (secondary N) is 1. The zero-order chi connectivity index (χ0) is 19.6. The van der Waals surface area contributed by atoms with Gasteiger partial charge in [0.15, 0.2) is 0 Å². The van der Waals surface area contributed by atoms with Crippen LogP contribution in [0.15, 0.2) is 48.5 Å². The van der Waals surface area contributed by atoms with Crippen molar-refractivity contribution >= 4 is 40.8 Å². The fourth-order valence-corrected chi connectivity index (χ4v) is 3.03. The molecule has 5 nitrogen and oxygen atoms in total. The van der Waals surface area contributed by atoms with Crippen LogP contribution in [0.1, 0.15) is 18.4 Å². The lowest BCUT2D eigenvalue weighted by Crippen LogP contribution is -2.30. The predicted molar refractivity (Wildman–Crippen MR) is 108 cm³/mol. The minimum Gasteiger partial charge on any atom is -0.469 e. The number of carbonyl (C=O) groups is 2. The Bertz CT molecular complexity index is 749. The molecule has 0 radical (unpaired) electrons. The first kappa shape index (κ1) is 21.2. The SMILES string of the molecule is COC(=O)CCN(CCC(=O)Nc1c(Cl)cccc1Cl)Cc1ccccc1. The van der Waals surface area contributed by atoms with E-state index in [4.69, 9.17) is 27.9 Å². The normalized spacial score (nSPS) is 10.7. The summed E-state index contributed by atoms with van der Waals surface area (Å²) in [6, 6.07) is 14.9. The Kier molecular flexibility index (Phi) is 8.58. The predicted octanol–water partition coefficient (Wildman–Crippen LogP) is 4.39. The van der Waals surface area contributed by atoms with E-state index in [2.05, 4.69) is 5.32 Å². The van der Waals surface area contributed by atoms with E-state index in [1.54, 1.807) is 18.2 Å². The Hall–Kier alpha value is -2.08. The second kappa shape index (κ2) is 10.9. The van der Waals surface area contributed by atoms with Crippen LogP contribution in [0.5, 0.6) is 0 Å². The molecular formula is C20H22Cl2N2O3. The number of carbonyl (C=O) groups excluding carboxylic acids is 2. The van der Waals surface area contributed by atoms with Crippen LogP contribution < -0.4 is 5.32 Å². The van der Waals surface area contributed by atoms with E-state index in [-0.39, 0.29) is 24.7 Å². The number of benzene rings is 2. The second-order valence-corrected chi connectivity index (χ2v) is 6.80. The lowest BCUT2D eigenvalue weighted by Gasteiger charge is -2.22. The monoisotopic (exact) mass is 408 g/mol. The number of hydrogen-bond donors (Lipinski definition) is 1. The van der Waals surface area contributed by atoms with Crippen LogP contribution in [0.25, 0.3) is 0 Å². The first-order valence-corrected chi connectivity index (χ1v) is 9.32. The number of anilines is 1. The number of nitrogens with zero attached hydrogens (tertiary/aromatic N) is 1. The average Bonchev–Trinajstić information content (AvgIpc) is 2.67. The summed E-state index contributed by atoms with van der Waals surface area (Å²) in [4.78, 5) is 25.8. The highest BCUT2D eigenvalue weighted by atomic mass is 35.5. The van der Waals surface area contributed by atoms with Crippen molar-refractivity contribution in [2.45, 2.75) is 19.4 Å². The van der Waals surface area contributed by atoms with Gasteiger partial charge in [0.2, 0.25) is 5.91 Å². The van der Waals surface area contributed by atoms with Crippen molar-refractivity contribution in [2.24, 2.45) is 0 Å². The number of rotatable bonds is 9. The van der Waals surface area contributed by atoms with Crippen molar-refractivity contribution in [3.63, 3.8) is 0 Å². The van der Waals surface area contributed by atoms with Crippen LogP contribution in [-0.4, -0.2) is 37.0 Å². The minimum absolute atomic E-state index is 0.193. The highest BCUT2D eigenvalue weighted by Gasteiger charge is 2.14. The number of hydrogen-bond acceptors (Lipinski definition) is 4. The molecule has 0 unspecified atom stereocenters. The minimum atomic E-state index is -0.277. The molecule has 0 aliphatic carbocycles. The van der Waals surface area contributed by atoms with E-state index in [1.165, 1.54) is 7.11 Å². The summed E-state index contributed by atoms with van der Waals surface area (Å²) >= 11 is 12.2. The molecule has 0 fully saturated rings. The van der Waals surface area contributed by atoms with Gasteiger partial charge in [0.05, 0.1) is 29.3 Å². The first-order chi connectivity index (χ1) is 13.0. The molecule has 0 aliphatic heterocycles. The Morgan fingerprint density at radius 3 is 2.22 bits per heavy atom. The third-order valence-corrected chi connectivity index (χ3v) is 4.62. The third-order valence-electron chi connectivity index (χ3n) is 3.99. The number of halogens is 2. The Morgan fingerprint density at radius 1 is 0.963 bits per heavy atom. The largest absolute Gasteiger partial charge is 0.469 e. The van der Waals surface area contributed by atoms with Gasteiger partial charge in [-0.15, -0.1) is 0 Å². The molecule has 144 valence electrons. The summed E-state index contributed by atoms with van der Waals surface area (Å²) in [6.07, 6.45) is 0.511. The van der Waals surface area contributed by atoms with Gasteiger partial charge in [-0.05, 0) is 17.7 Å². The van der Waals surface area contributed by atoms with E-state index in [1.807, 2.05) is 35.2 Å². The quantitative estimate of drug-likeness (QED) is 0.625. The molecule has 1 amide bonds. The number of methoxy groups -OCH3 is 1. The van der Waals surface area contributed by atoms with Crippen LogP contribution in [0.2, 0.25) is 10.0 Å². The van der Waals surface area contributed by atoms with Crippen molar-refractivity contribution < 1.29 is 14.3 Å². The maximum absolute atomic E-state index is 12.3. The van der Waals surface area contributed by atoms with Gasteiger partial charge in [-0.3, -0.25) is 14.5 Å². The fourth-order valence-electron chi connectivity index (χ4n) is 2.54. The molecule has 7 heteroatoms. The molecule has 0 aromatic heterocycles. The van der Waals surface area contributed by atoms with Crippen LogP contribution in [-0.2, 0) is 20.9 Å². The molecule has 0 saturated carbocycles. The molecule has 2 aromatic rings. The maximum atomic E-state index is 12.3. The molecule has 0 spiro atoms. The van der Waals surface area contributed by atoms with Crippen LogP contribution >= 0.6 is 23.2 Å². The number of amides is 1. The van der Waals surface area contributed by atoms with E-state index in [0.717, 1.165) is 5.56 Å². The van der Waals surface area contributed by atoms with Gasteiger partial charge in [-0.2, -0.15) is 0 Å². The standard InChI is InChI=1S/C20H22Cl2N2O3/c1-27-19(26)11-13-24(14-15-6-3-2-4-7-15)12-10-18(25)23-20-16(21)8-5-9-17(20)22/h2-9H,10-14H2,1H3,(H,23,25). The van der Waals surface area contributed by atoms with Gasteiger partial charge >= 0.3 is 5.97 Å². The number of ether oxygens (including phenoxy) is 1. The molecule has 0 aliphatic rings. The van der Waals surface area contributed by atoms with Crippen molar-refractivity contribution in [3.8, 4) is 0 Å². The van der Waals surface area contributed by atoms with Gasteiger partial charge < -0.3 is 10.1 Å². The van der Waals surface area contributed by atoms with Crippen LogP contribution in [0.3, 0.4) is 0 Å². The highest BCUT2D eigenvalue weighted by molar-refractivity contribution is 6.39. The van der Waals surface area contributed by atoms with Crippen LogP contribution in [0.4, 0.5) is 5.69 Å². The summed E-state index contributed by atoms with van der Waals surface area (Å²) in [6.45, 7) is 1.62. The van der Waals surface area contributed by atoms with E-state index < -0.39 is 0 Å². The topological polar surface area (TPSA) is 58.6 Å². The van der Waals surface area contributed by atoms with E-state index in [0.29, 0.717) is 35.4 Å². The Balaban J connectivity index is 1.95. The van der Waals surface area contributed by atoms with Gasteiger partial charge in [-0.25, -0.2) is 0 Å². The van der Waals surface area contributed by atoms with E-state index >= 15 is 0 Å². The summed E-state index contributed by atoms with van der Waals surface area (Å²) in [7, 11) is 1.37. The molecular weight excluding hydrogens is 387 g/mol. The molecule has 0 heterocycles. The molecule has 2 aromatic carbocycles. The van der Waals surface area contributed by atoms with Gasteiger partial charge in [0.25, 0.3) is 0 Å². The first-order valence-electron chi connectivity index (χ1n) is 8.56. The number of esters is 1. The lowest BCUT2D eigenvalue weighted by atomic mass is 10.2. The highest BCUT2D eigenvalue weighted by Crippen LogP contribution is 2.29. The van der Waals surface area contributed by atoms with Crippen molar-refractivity contribution in [1.29, 1.82) is 0 Å².